The van der Waals surface area contributed by atoms with E-state index >= 15 is 0 Å². The fourth-order valence-electron chi connectivity index (χ4n) is 3.24. The van der Waals surface area contributed by atoms with Gasteiger partial charge in [0.15, 0.2) is 0 Å². The number of thioether (sulfide) groups is 1. The van der Waals surface area contributed by atoms with Gasteiger partial charge in [0.25, 0.3) is 0 Å². The first-order chi connectivity index (χ1) is 11.2. The third kappa shape index (κ3) is 4.68. The molecule has 2 aliphatic heterocycles. The van der Waals surface area contributed by atoms with Crippen molar-refractivity contribution in [2.24, 2.45) is 0 Å². The number of aryl methyl sites for hydroxylation is 1. The summed E-state index contributed by atoms with van der Waals surface area (Å²) in [4.78, 5) is 3.03. The van der Waals surface area contributed by atoms with E-state index in [4.69, 9.17) is 16.3 Å². The molecule has 2 heterocycles. The molecule has 2 unspecified atom stereocenters. The first kappa shape index (κ1) is 20.5. The van der Waals surface area contributed by atoms with Gasteiger partial charge in [-0.05, 0) is 42.7 Å². The van der Waals surface area contributed by atoms with Crippen molar-refractivity contribution in [1.82, 2.24) is 0 Å². The van der Waals surface area contributed by atoms with Crippen LogP contribution >= 0.6 is 23.4 Å². The van der Waals surface area contributed by atoms with Crippen LogP contribution in [-0.2, 0) is 43.9 Å². The van der Waals surface area contributed by atoms with E-state index < -0.39 is 0 Å². The SMILES string of the molecule is [CH2-]OCC#CCC1C(Cl)CCN1c1cc(F)c2c(c1)CCCS2.[Y]. The van der Waals surface area contributed by atoms with Gasteiger partial charge in [0, 0.05) is 56.3 Å². The number of hydrogen-bond acceptors (Lipinski definition) is 3. The molecule has 1 saturated heterocycles. The maximum Gasteiger partial charge on any atom is 0.139 e. The molecule has 2 atom stereocenters. The topological polar surface area (TPSA) is 12.5 Å². The van der Waals surface area contributed by atoms with E-state index in [1.807, 2.05) is 0 Å². The van der Waals surface area contributed by atoms with Gasteiger partial charge in [0.2, 0.25) is 0 Å². The number of hydrogen-bond donors (Lipinski definition) is 0. The summed E-state index contributed by atoms with van der Waals surface area (Å²) < 4.78 is 19.1. The Kier molecular flexibility index (Phi) is 8.37. The number of rotatable bonds is 3. The molecule has 2 nitrogen and oxygen atoms in total. The van der Waals surface area contributed by atoms with Crippen molar-refractivity contribution >= 4 is 29.1 Å². The number of benzene rings is 1. The van der Waals surface area contributed by atoms with Crippen molar-refractivity contribution in [1.29, 1.82) is 0 Å². The van der Waals surface area contributed by atoms with Crippen molar-refractivity contribution in [2.45, 2.75) is 42.0 Å². The van der Waals surface area contributed by atoms with E-state index in [9.17, 15) is 4.39 Å². The molecule has 1 aromatic rings. The van der Waals surface area contributed by atoms with Crippen LogP contribution in [0, 0.1) is 24.8 Å². The summed E-state index contributed by atoms with van der Waals surface area (Å²) in [5.41, 5.74) is 2.07. The van der Waals surface area contributed by atoms with Gasteiger partial charge < -0.3 is 9.64 Å². The second-order valence-electron chi connectivity index (χ2n) is 5.84. The van der Waals surface area contributed by atoms with E-state index in [2.05, 4.69) is 29.9 Å². The quantitative estimate of drug-likeness (QED) is 0.395. The number of ether oxygens (including phenoxy) is 1. The van der Waals surface area contributed by atoms with Gasteiger partial charge in [-0.15, -0.1) is 23.4 Å². The van der Waals surface area contributed by atoms with Crippen LogP contribution in [0.5, 0.6) is 0 Å². The second kappa shape index (κ2) is 9.79. The third-order valence-corrected chi connectivity index (χ3v) is 6.10. The molecule has 0 aliphatic carbocycles. The van der Waals surface area contributed by atoms with Crippen LogP contribution in [0.15, 0.2) is 17.0 Å². The molecule has 24 heavy (non-hydrogen) atoms. The molecule has 2 aliphatic rings. The average Bonchev–Trinajstić information content (AvgIpc) is 2.92. The molecular formula is C18H20ClFNOSY-. The Morgan fingerprint density at radius 2 is 2.25 bits per heavy atom. The van der Waals surface area contributed by atoms with Crippen molar-refractivity contribution in [3.05, 3.63) is 30.6 Å². The minimum Gasteiger partial charge on any atom is -0.546 e. The summed E-state index contributed by atoms with van der Waals surface area (Å²) in [6.45, 7) is 1.17. The minimum atomic E-state index is -0.101. The van der Waals surface area contributed by atoms with Crippen LogP contribution in [0.3, 0.4) is 0 Å². The molecule has 1 aromatic carbocycles. The Labute approximate surface area is 178 Å². The second-order valence-corrected chi connectivity index (χ2v) is 7.51. The molecule has 0 spiro atoms. The molecule has 6 heteroatoms. The van der Waals surface area contributed by atoms with E-state index in [1.165, 1.54) is 0 Å². The third-order valence-electron chi connectivity index (χ3n) is 4.35. The van der Waals surface area contributed by atoms with Gasteiger partial charge >= 0.3 is 0 Å². The summed E-state index contributed by atoms with van der Waals surface area (Å²) in [5, 5.41) is 0.0402. The number of halogens is 2. The summed E-state index contributed by atoms with van der Waals surface area (Å²) in [5.74, 6) is 6.92. The summed E-state index contributed by atoms with van der Waals surface area (Å²) in [7, 11) is 3.30. The van der Waals surface area contributed by atoms with E-state index in [0.717, 1.165) is 47.7 Å². The number of fused-ring (bicyclic) bond motifs is 1. The van der Waals surface area contributed by atoms with Gasteiger partial charge in [-0.25, -0.2) is 11.5 Å². The van der Waals surface area contributed by atoms with Crippen LogP contribution in [-0.4, -0.2) is 30.3 Å². The normalized spacial score (nSPS) is 22.4. The molecule has 0 saturated carbocycles. The molecule has 1 radical (unpaired) electrons. The zero-order chi connectivity index (χ0) is 16.2. The zero-order valence-electron chi connectivity index (χ0n) is 13.6. The van der Waals surface area contributed by atoms with Crippen LogP contribution in [0.1, 0.15) is 24.8 Å². The molecule has 0 amide bonds. The van der Waals surface area contributed by atoms with Crippen molar-refractivity contribution in [3.63, 3.8) is 0 Å². The molecule has 0 N–H and O–H groups in total. The monoisotopic (exact) mass is 441 g/mol. The predicted octanol–water partition coefficient (Wildman–Crippen LogP) is 4.25. The largest absolute Gasteiger partial charge is 0.546 e. The molecule has 1 fully saturated rings. The maximum absolute atomic E-state index is 14.4. The Morgan fingerprint density at radius 3 is 3.04 bits per heavy atom. The van der Waals surface area contributed by atoms with Crippen molar-refractivity contribution in [2.75, 3.05) is 23.8 Å². The summed E-state index contributed by atoms with van der Waals surface area (Å²) >= 11 is 8.09. The molecule has 0 aromatic heterocycles. The smallest absolute Gasteiger partial charge is 0.139 e. The van der Waals surface area contributed by atoms with Gasteiger partial charge in [0.1, 0.15) is 5.82 Å². The van der Waals surface area contributed by atoms with Crippen molar-refractivity contribution < 1.29 is 41.8 Å². The maximum atomic E-state index is 14.4. The van der Waals surface area contributed by atoms with Crippen molar-refractivity contribution in [3.8, 4) is 11.8 Å². The summed E-state index contributed by atoms with van der Waals surface area (Å²) in [6.07, 6.45) is 3.62. The number of anilines is 1. The van der Waals surface area contributed by atoms with Crippen LogP contribution in [0.2, 0.25) is 0 Å². The number of nitrogens with zero attached hydrogens (tertiary/aromatic N) is 1. The zero-order valence-corrected chi connectivity index (χ0v) is 18.0. The predicted molar refractivity (Wildman–Crippen MR) is 94.5 cm³/mol. The van der Waals surface area contributed by atoms with Crippen LogP contribution in [0.4, 0.5) is 10.1 Å². The van der Waals surface area contributed by atoms with E-state index in [-0.39, 0.29) is 49.9 Å². The molecular weight excluding hydrogens is 422 g/mol. The number of alkyl halides is 1. The van der Waals surface area contributed by atoms with Gasteiger partial charge in [0.05, 0.1) is 18.0 Å². The van der Waals surface area contributed by atoms with Gasteiger partial charge in [-0.1, -0.05) is 11.8 Å². The Morgan fingerprint density at radius 1 is 1.42 bits per heavy atom. The Balaban J connectivity index is 0.00000208. The fourth-order valence-corrected chi connectivity index (χ4v) is 4.60. The first-order valence-electron chi connectivity index (χ1n) is 7.89. The summed E-state index contributed by atoms with van der Waals surface area (Å²) in [6, 6.07) is 3.91. The van der Waals surface area contributed by atoms with E-state index in [0.29, 0.717) is 13.0 Å². The molecule has 3 rings (SSSR count). The Hall–Kier alpha value is 0.214. The first-order valence-corrected chi connectivity index (χ1v) is 9.31. The van der Waals surface area contributed by atoms with Gasteiger partial charge in [-0.2, -0.15) is 0 Å². The van der Waals surface area contributed by atoms with E-state index in [1.54, 1.807) is 17.8 Å². The van der Waals surface area contributed by atoms with Crippen LogP contribution in [0.25, 0.3) is 0 Å². The Bertz CT molecular complexity index is 633. The average molecular weight is 442 g/mol. The standard InChI is InChI=1S/C18H20ClFNOS.Y/c1-22-9-3-2-6-17-15(19)7-8-21(17)14-11-13-5-4-10-23-18(13)16(20)12-14;/h11-12,15,17H,1,4-10H2;/q-1;. The molecule has 127 valence electrons. The molecule has 0 bridgehead atoms. The minimum absolute atomic E-state index is 0. The van der Waals surface area contributed by atoms with Gasteiger partial charge in [-0.3, -0.25) is 0 Å². The fraction of sp³-hybridized carbons (Fsp3) is 0.500. The van der Waals surface area contributed by atoms with Crippen LogP contribution < -0.4 is 4.90 Å².